The molecule has 1 aromatic rings. The second-order valence-electron chi connectivity index (χ2n) is 6.69. The van der Waals surface area contributed by atoms with Gasteiger partial charge in [0.15, 0.2) is 0 Å². The fourth-order valence-corrected chi connectivity index (χ4v) is 3.25. The molecule has 2 amide bonds. The Kier molecular flexibility index (Phi) is 5.09. The summed E-state index contributed by atoms with van der Waals surface area (Å²) in [5.74, 6) is -0.133. The number of carbonyl (C=O) groups is 2. The fourth-order valence-electron chi connectivity index (χ4n) is 3.25. The second-order valence-corrected chi connectivity index (χ2v) is 6.69. The van der Waals surface area contributed by atoms with Gasteiger partial charge in [0.25, 0.3) is 5.91 Å². The molecule has 1 N–H and O–H groups in total. The first-order chi connectivity index (χ1) is 10.8. The maximum Gasteiger partial charge on any atom is 0.253 e. The molecule has 1 aliphatic rings. The van der Waals surface area contributed by atoms with Crippen molar-refractivity contribution in [2.24, 2.45) is 5.41 Å². The number of amides is 2. The lowest BCUT2D eigenvalue weighted by atomic mass is 9.63. The molecule has 1 aromatic carbocycles. The molecule has 1 fully saturated rings. The summed E-state index contributed by atoms with van der Waals surface area (Å²) < 4.78 is 5.73. The quantitative estimate of drug-likeness (QED) is 0.908. The zero-order valence-corrected chi connectivity index (χ0v) is 14.6. The largest absolute Gasteiger partial charge is 0.378 e. The standard InChI is InChI=1S/C18H26N2O3/c1-6-23-16-11-15(18(16,3)4)20(5)17(22)13-7-9-14(10-8-13)19-12(2)21/h7-10,15-16H,6,11H2,1-5H3,(H,19,21)/t15-,16+/m0/s1. The van der Waals surface area contributed by atoms with Crippen LogP contribution in [0, 0.1) is 5.41 Å². The van der Waals surface area contributed by atoms with Crippen LogP contribution >= 0.6 is 0 Å². The van der Waals surface area contributed by atoms with E-state index in [2.05, 4.69) is 19.2 Å². The van der Waals surface area contributed by atoms with Crippen molar-refractivity contribution in [3.63, 3.8) is 0 Å². The minimum absolute atomic E-state index is 0.00704. The van der Waals surface area contributed by atoms with E-state index in [-0.39, 0.29) is 29.4 Å². The minimum atomic E-state index is -0.126. The molecule has 0 heterocycles. The van der Waals surface area contributed by atoms with Crippen LogP contribution in [0.4, 0.5) is 5.69 Å². The average Bonchev–Trinajstić information content (AvgIpc) is 2.50. The zero-order chi connectivity index (χ0) is 17.2. The van der Waals surface area contributed by atoms with Gasteiger partial charge in [-0.15, -0.1) is 0 Å². The minimum Gasteiger partial charge on any atom is -0.378 e. The molecule has 126 valence electrons. The Morgan fingerprint density at radius 1 is 1.30 bits per heavy atom. The van der Waals surface area contributed by atoms with E-state index in [9.17, 15) is 9.59 Å². The molecule has 0 unspecified atom stereocenters. The average molecular weight is 318 g/mol. The molecule has 0 aliphatic heterocycles. The van der Waals surface area contributed by atoms with Crippen molar-refractivity contribution in [2.75, 3.05) is 19.0 Å². The van der Waals surface area contributed by atoms with E-state index in [4.69, 9.17) is 4.74 Å². The van der Waals surface area contributed by atoms with Crippen LogP contribution < -0.4 is 5.32 Å². The summed E-state index contributed by atoms with van der Waals surface area (Å²) >= 11 is 0. The van der Waals surface area contributed by atoms with Gasteiger partial charge in [-0.2, -0.15) is 0 Å². The predicted octanol–water partition coefficient (Wildman–Crippen LogP) is 2.92. The van der Waals surface area contributed by atoms with Gasteiger partial charge in [0.2, 0.25) is 5.91 Å². The Balaban J connectivity index is 2.04. The number of nitrogens with zero attached hydrogens (tertiary/aromatic N) is 1. The number of ether oxygens (including phenoxy) is 1. The van der Waals surface area contributed by atoms with E-state index in [0.717, 1.165) is 6.42 Å². The Morgan fingerprint density at radius 3 is 2.39 bits per heavy atom. The Morgan fingerprint density at radius 2 is 1.91 bits per heavy atom. The Labute approximate surface area is 138 Å². The van der Waals surface area contributed by atoms with Crippen LogP contribution in [0.15, 0.2) is 24.3 Å². The maximum atomic E-state index is 12.7. The second kappa shape index (κ2) is 6.71. The molecule has 5 nitrogen and oxygen atoms in total. The van der Waals surface area contributed by atoms with Crippen molar-refractivity contribution in [3.8, 4) is 0 Å². The number of benzene rings is 1. The summed E-state index contributed by atoms with van der Waals surface area (Å²) in [6.07, 6.45) is 1.07. The molecular formula is C18H26N2O3. The third-order valence-electron chi connectivity index (χ3n) is 4.73. The molecule has 1 saturated carbocycles. The van der Waals surface area contributed by atoms with E-state index in [0.29, 0.717) is 17.9 Å². The van der Waals surface area contributed by atoms with Gasteiger partial charge in [-0.05, 0) is 37.6 Å². The van der Waals surface area contributed by atoms with Crippen molar-refractivity contribution in [1.29, 1.82) is 0 Å². The van der Waals surface area contributed by atoms with Gasteiger partial charge in [-0.25, -0.2) is 0 Å². The SMILES string of the molecule is CCO[C@@H]1C[C@H](N(C)C(=O)c2ccc(NC(C)=O)cc2)C1(C)C. The first-order valence-corrected chi connectivity index (χ1v) is 8.03. The summed E-state index contributed by atoms with van der Waals surface area (Å²) in [4.78, 5) is 25.5. The zero-order valence-electron chi connectivity index (χ0n) is 14.6. The lowest BCUT2D eigenvalue weighted by Crippen LogP contribution is -2.62. The molecule has 2 atom stereocenters. The lowest BCUT2D eigenvalue weighted by Gasteiger charge is -2.54. The fraction of sp³-hybridized carbons (Fsp3) is 0.556. The highest BCUT2D eigenvalue weighted by Gasteiger charge is 2.51. The molecule has 1 aliphatic carbocycles. The van der Waals surface area contributed by atoms with Gasteiger partial charge in [-0.3, -0.25) is 9.59 Å². The van der Waals surface area contributed by atoms with Crippen LogP contribution in [0.3, 0.4) is 0 Å². The molecule has 0 saturated heterocycles. The first-order valence-electron chi connectivity index (χ1n) is 8.03. The predicted molar refractivity (Wildman–Crippen MR) is 90.4 cm³/mol. The van der Waals surface area contributed by atoms with Crippen LogP contribution in [-0.4, -0.2) is 42.5 Å². The topological polar surface area (TPSA) is 58.6 Å². The van der Waals surface area contributed by atoms with Crippen molar-refractivity contribution in [1.82, 2.24) is 4.90 Å². The molecule has 0 aromatic heterocycles. The number of nitrogens with one attached hydrogen (secondary N) is 1. The van der Waals surface area contributed by atoms with Crippen LogP contribution in [0.25, 0.3) is 0 Å². The van der Waals surface area contributed by atoms with Gasteiger partial charge in [0.05, 0.1) is 6.10 Å². The number of hydrogen-bond donors (Lipinski definition) is 1. The van der Waals surface area contributed by atoms with Gasteiger partial charge >= 0.3 is 0 Å². The van der Waals surface area contributed by atoms with Crippen LogP contribution in [0.5, 0.6) is 0 Å². The van der Waals surface area contributed by atoms with Crippen molar-refractivity contribution in [2.45, 2.75) is 46.3 Å². The Bertz CT molecular complexity index is 580. The summed E-state index contributed by atoms with van der Waals surface area (Å²) in [7, 11) is 1.85. The van der Waals surface area contributed by atoms with Crippen molar-refractivity contribution in [3.05, 3.63) is 29.8 Å². The highest BCUT2D eigenvalue weighted by molar-refractivity contribution is 5.95. The molecule has 0 bridgehead atoms. The normalized spacial score (nSPS) is 22.1. The molecule has 0 spiro atoms. The number of anilines is 1. The lowest BCUT2D eigenvalue weighted by molar-refractivity contribution is -0.136. The smallest absolute Gasteiger partial charge is 0.253 e. The molecule has 23 heavy (non-hydrogen) atoms. The van der Waals surface area contributed by atoms with Crippen LogP contribution in [0.2, 0.25) is 0 Å². The maximum absolute atomic E-state index is 12.7. The summed E-state index contributed by atoms with van der Waals surface area (Å²) in [6.45, 7) is 8.44. The highest BCUT2D eigenvalue weighted by Crippen LogP contribution is 2.45. The summed E-state index contributed by atoms with van der Waals surface area (Å²) in [5.41, 5.74) is 1.27. The summed E-state index contributed by atoms with van der Waals surface area (Å²) in [5, 5.41) is 2.70. The van der Waals surface area contributed by atoms with Gasteiger partial charge in [0, 0.05) is 43.3 Å². The van der Waals surface area contributed by atoms with Gasteiger partial charge in [0.1, 0.15) is 0 Å². The number of carbonyl (C=O) groups excluding carboxylic acids is 2. The van der Waals surface area contributed by atoms with Gasteiger partial charge in [-0.1, -0.05) is 13.8 Å². The van der Waals surface area contributed by atoms with Crippen LogP contribution in [0.1, 0.15) is 44.5 Å². The van der Waals surface area contributed by atoms with E-state index in [1.165, 1.54) is 6.92 Å². The molecular weight excluding hydrogens is 292 g/mol. The van der Waals surface area contributed by atoms with E-state index >= 15 is 0 Å². The summed E-state index contributed by atoms with van der Waals surface area (Å²) in [6, 6.07) is 7.15. The van der Waals surface area contributed by atoms with Crippen molar-refractivity contribution < 1.29 is 14.3 Å². The van der Waals surface area contributed by atoms with Crippen molar-refractivity contribution >= 4 is 17.5 Å². The van der Waals surface area contributed by atoms with Gasteiger partial charge < -0.3 is 15.0 Å². The number of rotatable bonds is 5. The van der Waals surface area contributed by atoms with E-state index in [1.807, 2.05) is 18.9 Å². The Hall–Kier alpha value is -1.88. The molecule has 2 rings (SSSR count). The monoisotopic (exact) mass is 318 g/mol. The first kappa shape index (κ1) is 17.5. The van der Waals surface area contributed by atoms with Crippen LogP contribution in [-0.2, 0) is 9.53 Å². The number of hydrogen-bond acceptors (Lipinski definition) is 3. The third kappa shape index (κ3) is 3.55. The molecule has 0 radical (unpaired) electrons. The molecule has 5 heteroatoms. The van der Waals surface area contributed by atoms with E-state index in [1.54, 1.807) is 24.3 Å². The van der Waals surface area contributed by atoms with E-state index < -0.39 is 0 Å². The third-order valence-corrected chi connectivity index (χ3v) is 4.73. The highest BCUT2D eigenvalue weighted by atomic mass is 16.5.